The number of hydrogen-bond donors (Lipinski definition) is 1. The molecule has 1 aliphatic carbocycles. The Bertz CT molecular complexity index is 607. The molecule has 1 unspecified atom stereocenters. The monoisotopic (exact) mass is 273 g/mol. The second-order valence-corrected chi connectivity index (χ2v) is 5.42. The Labute approximate surface area is 118 Å². The van der Waals surface area contributed by atoms with Gasteiger partial charge in [-0.15, -0.1) is 0 Å². The fraction of sp³-hybridized carbons (Fsp3) is 0.467. The van der Waals surface area contributed by atoms with Crippen LogP contribution in [0.2, 0.25) is 0 Å². The summed E-state index contributed by atoms with van der Waals surface area (Å²) in [5.74, 6) is 1.64. The topological polar surface area (TPSA) is 60.2 Å². The summed E-state index contributed by atoms with van der Waals surface area (Å²) in [6, 6.07) is 6.15. The highest BCUT2D eigenvalue weighted by Gasteiger charge is 2.20. The van der Waals surface area contributed by atoms with Gasteiger partial charge in [-0.2, -0.15) is 5.10 Å². The maximum Gasteiger partial charge on any atom is 0.165 e. The molecule has 0 saturated carbocycles. The second kappa shape index (κ2) is 5.25. The van der Waals surface area contributed by atoms with Gasteiger partial charge in [0.05, 0.1) is 6.10 Å². The third kappa shape index (κ3) is 2.41. The van der Waals surface area contributed by atoms with E-state index in [9.17, 15) is 5.11 Å². The molecular formula is C15H19N3O2. The molecule has 1 N–H and O–H groups in total. The van der Waals surface area contributed by atoms with Crippen LogP contribution in [-0.4, -0.2) is 19.9 Å². The van der Waals surface area contributed by atoms with Crippen molar-refractivity contribution in [2.45, 2.75) is 45.4 Å². The van der Waals surface area contributed by atoms with E-state index >= 15 is 0 Å². The molecule has 5 nitrogen and oxygen atoms in total. The third-order valence-corrected chi connectivity index (χ3v) is 3.66. The summed E-state index contributed by atoms with van der Waals surface area (Å²) in [6.45, 7) is 4.53. The lowest BCUT2D eigenvalue weighted by Gasteiger charge is -2.11. The first-order valence-corrected chi connectivity index (χ1v) is 6.97. The largest absolute Gasteiger partial charge is 0.486 e. The normalized spacial score (nSPS) is 17.5. The van der Waals surface area contributed by atoms with Crippen LogP contribution in [0.5, 0.6) is 5.75 Å². The number of aryl methyl sites for hydroxylation is 1. The van der Waals surface area contributed by atoms with Crippen LogP contribution in [0, 0.1) is 0 Å². The standard InChI is InChI=1S/C15H19N3O2/c1-10(2)18-15(16-9-17-18)8-20-12-4-5-13-11(7-12)3-6-14(13)19/h4-5,7,9-10,14,19H,3,6,8H2,1-2H3. The smallest absolute Gasteiger partial charge is 0.165 e. The van der Waals surface area contributed by atoms with Crippen LogP contribution in [0.1, 0.15) is 49.4 Å². The fourth-order valence-electron chi connectivity index (χ4n) is 2.62. The van der Waals surface area contributed by atoms with Crippen molar-refractivity contribution in [2.75, 3.05) is 0 Å². The number of nitrogens with zero attached hydrogens (tertiary/aromatic N) is 3. The van der Waals surface area contributed by atoms with Crippen molar-refractivity contribution >= 4 is 0 Å². The lowest BCUT2D eigenvalue weighted by atomic mass is 10.1. The molecule has 1 aromatic carbocycles. The number of aliphatic hydroxyl groups is 1. The minimum absolute atomic E-state index is 0.270. The van der Waals surface area contributed by atoms with Crippen molar-refractivity contribution < 1.29 is 9.84 Å². The number of ether oxygens (including phenoxy) is 1. The van der Waals surface area contributed by atoms with Gasteiger partial charge in [-0.1, -0.05) is 6.07 Å². The lowest BCUT2D eigenvalue weighted by molar-refractivity contribution is 0.180. The zero-order valence-corrected chi connectivity index (χ0v) is 11.8. The van der Waals surface area contributed by atoms with Crippen LogP contribution < -0.4 is 4.74 Å². The molecule has 0 aliphatic heterocycles. The molecule has 1 atom stereocenters. The Morgan fingerprint density at radius 3 is 3.10 bits per heavy atom. The van der Waals surface area contributed by atoms with E-state index in [1.165, 1.54) is 5.56 Å². The van der Waals surface area contributed by atoms with Crippen LogP contribution in [0.3, 0.4) is 0 Å². The lowest BCUT2D eigenvalue weighted by Crippen LogP contribution is -2.10. The van der Waals surface area contributed by atoms with Gasteiger partial charge in [-0.05, 0) is 49.9 Å². The van der Waals surface area contributed by atoms with E-state index in [4.69, 9.17) is 4.74 Å². The van der Waals surface area contributed by atoms with E-state index in [1.807, 2.05) is 22.9 Å². The molecule has 3 rings (SSSR count). The second-order valence-electron chi connectivity index (χ2n) is 5.42. The molecule has 1 aromatic heterocycles. The predicted molar refractivity (Wildman–Crippen MR) is 74.5 cm³/mol. The van der Waals surface area contributed by atoms with E-state index < -0.39 is 0 Å². The summed E-state index contributed by atoms with van der Waals surface area (Å²) in [7, 11) is 0. The Morgan fingerprint density at radius 1 is 1.45 bits per heavy atom. The van der Waals surface area contributed by atoms with E-state index in [-0.39, 0.29) is 12.1 Å². The molecule has 20 heavy (non-hydrogen) atoms. The summed E-state index contributed by atoms with van der Waals surface area (Å²) in [5.41, 5.74) is 2.21. The minimum atomic E-state index is -0.317. The molecule has 106 valence electrons. The summed E-state index contributed by atoms with van der Waals surface area (Å²) in [4.78, 5) is 4.22. The quantitative estimate of drug-likeness (QED) is 0.929. The maximum atomic E-state index is 9.79. The van der Waals surface area contributed by atoms with Gasteiger partial charge in [0.1, 0.15) is 18.7 Å². The molecule has 0 saturated heterocycles. The van der Waals surface area contributed by atoms with Gasteiger partial charge in [-0.3, -0.25) is 0 Å². The van der Waals surface area contributed by atoms with Crippen LogP contribution in [0.15, 0.2) is 24.5 Å². The Hall–Kier alpha value is -1.88. The number of benzene rings is 1. The number of fused-ring (bicyclic) bond motifs is 1. The van der Waals surface area contributed by atoms with Crippen LogP contribution >= 0.6 is 0 Å². The maximum absolute atomic E-state index is 9.79. The van der Waals surface area contributed by atoms with Gasteiger partial charge in [-0.25, -0.2) is 9.67 Å². The predicted octanol–water partition coefficient (Wildman–Crippen LogP) is 2.42. The van der Waals surface area contributed by atoms with Gasteiger partial charge in [0.15, 0.2) is 5.82 Å². The first-order valence-electron chi connectivity index (χ1n) is 6.97. The fourth-order valence-corrected chi connectivity index (χ4v) is 2.62. The highest BCUT2D eigenvalue weighted by molar-refractivity contribution is 5.39. The molecule has 0 bridgehead atoms. The van der Waals surface area contributed by atoms with E-state index in [1.54, 1.807) is 6.33 Å². The van der Waals surface area contributed by atoms with Gasteiger partial charge >= 0.3 is 0 Å². The molecule has 0 fully saturated rings. The molecule has 5 heteroatoms. The number of hydrogen-bond acceptors (Lipinski definition) is 4. The van der Waals surface area contributed by atoms with E-state index in [0.29, 0.717) is 6.61 Å². The molecule has 1 aliphatic rings. The average molecular weight is 273 g/mol. The Balaban J connectivity index is 1.71. The van der Waals surface area contributed by atoms with Crippen molar-refractivity contribution in [3.63, 3.8) is 0 Å². The van der Waals surface area contributed by atoms with E-state index in [0.717, 1.165) is 30.0 Å². The number of rotatable bonds is 4. The molecule has 0 spiro atoms. The number of aromatic nitrogens is 3. The van der Waals surface area contributed by atoms with Gasteiger partial charge < -0.3 is 9.84 Å². The SMILES string of the molecule is CC(C)n1ncnc1COc1ccc2c(c1)CCC2O. The summed E-state index contributed by atoms with van der Waals surface area (Å²) < 4.78 is 7.66. The van der Waals surface area contributed by atoms with Crippen LogP contribution in [0.4, 0.5) is 0 Å². The van der Waals surface area contributed by atoms with Crippen LogP contribution in [-0.2, 0) is 13.0 Å². The van der Waals surface area contributed by atoms with Crippen molar-refractivity contribution in [1.82, 2.24) is 14.8 Å². The first kappa shape index (κ1) is 13.1. The molecule has 0 radical (unpaired) electrons. The average Bonchev–Trinajstić information content (AvgIpc) is 3.03. The van der Waals surface area contributed by atoms with E-state index in [2.05, 4.69) is 23.9 Å². The van der Waals surface area contributed by atoms with Crippen molar-refractivity contribution in [2.24, 2.45) is 0 Å². The first-order chi connectivity index (χ1) is 9.65. The molecule has 2 aromatic rings. The highest BCUT2D eigenvalue weighted by atomic mass is 16.5. The Morgan fingerprint density at radius 2 is 2.30 bits per heavy atom. The molecule has 1 heterocycles. The zero-order chi connectivity index (χ0) is 14.1. The van der Waals surface area contributed by atoms with Gasteiger partial charge in [0, 0.05) is 6.04 Å². The summed E-state index contributed by atoms with van der Waals surface area (Å²) >= 11 is 0. The van der Waals surface area contributed by atoms with Crippen molar-refractivity contribution in [3.8, 4) is 5.75 Å². The number of aliphatic hydroxyl groups excluding tert-OH is 1. The summed E-state index contributed by atoms with van der Waals surface area (Å²) in [6.07, 6.45) is 2.96. The molecular weight excluding hydrogens is 254 g/mol. The minimum Gasteiger partial charge on any atom is -0.486 e. The molecule has 0 amide bonds. The Kier molecular flexibility index (Phi) is 3.44. The van der Waals surface area contributed by atoms with Crippen molar-refractivity contribution in [1.29, 1.82) is 0 Å². The highest BCUT2D eigenvalue weighted by Crippen LogP contribution is 2.33. The zero-order valence-electron chi connectivity index (χ0n) is 11.8. The van der Waals surface area contributed by atoms with Crippen molar-refractivity contribution in [3.05, 3.63) is 41.5 Å². The summed E-state index contributed by atoms with van der Waals surface area (Å²) in [5, 5.41) is 14.0. The third-order valence-electron chi connectivity index (χ3n) is 3.66. The van der Waals surface area contributed by atoms with Crippen LogP contribution in [0.25, 0.3) is 0 Å². The van der Waals surface area contributed by atoms with Gasteiger partial charge in [0.2, 0.25) is 0 Å². The van der Waals surface area contributed by atoms with Gasteiger partial charge in [0.25, 0.3) is 0 Å².